The standard InChI is InChI=1S/C16H18N2O7/c1-25-16(24)10-8-18(4-5-19)15(23)14(10)17-11-6-9(7-13(21)22)2-3-12(11)20/h2-3,6,17,19-20H,4-5,7-8H2,1H3,(H,21,22). The molecule has 25 heavy (non-hydrogen) atoms. The van der Waals surface area contributed by atoms with Crippen molar-refractivity contribution in [3.05, 3.63) is 35.0 Å². The summed E-state index contributed by atoms with van der Waals surface area (Å²) in [4.78, 5) is 36.4. The van der Waals surface area contributed by atoms with Crippen molar-refractivity contribution < 1.29 is 34.4 Å². The largest absolute Gasteiger partial charge is 0.506 e. The van der Waals surface area contributed by atoms with Gasteiger partial charge in [0, 0.05) is 6.54 Å². The number of methoxy groups -OCH3 is 1. The van der Waals surface area contributed by atoms with Crippen molar-refractivity contribution in [1.29, 1.82) is 0 Å². The predicted octanol–water partition coefficient (Wildman–Crippen LogP) is -0.307. The number of aromatic hydroxyl groups is 1. The van der Waals surface area contributed by atoms with Gasteiger partial charge in [-0.3, -0.25) is 9.59 Å². The second kappa shape index (κ2) is 7.67. The Bertz CT molecular complexity index is 742. The van der Waals surface area contributed by atoms with Gasteiger partial charge in [-0.05, 0) is 17.7 Å². The minimum absolute atomic E-state index is 0.0372. The molecule has 0 aliphatic carbocycles. The first-order chi connectivity index (χ1) is 11.9. The lowest BCUT2D eigenvalue weighted by Crippen LogP contribution is -2.31. The van der Waals surface area contributed by atoms with E-state index in [0.29, 0.717) is 5.56 Å². The van der Waals surface area contributed by atoms with E-state index in [-0.39, 0.29) is 48.8 Å². The maximum absolute atomic E-state index is 12.4. The summed E-state index contributed by atoms with van der Waals surface area (Å²) in [5.41, 5.74) is 0.479. The summed E-state index contributed by atoms with van der Waals surface area (Å²) in [5.74, 6) is -2.49. The molecule has 0 bridgehead atoms. The minimum Gasteiger partial charge on any atom is -0.506 e. The summed E-state index contributed by atoms with van der Waals surface area (Å²) < 4.78 is 4.67. The first kappa shape index (κ1) is 18.3. The molecule has 0 fully saturated rings. The molecule has 0 atom stereocenters. The highest BCUT2D eigenvalue weighted by atomic mass is 16.5. The van der Waals surface area contributed by atoms with Crippen LogP contribution in [0, 0.1) is 0 Å². The lowest BCUT2D eigenvalue weighted by atomic mass is 10.1. The molecule has 0 saturated heterocycles. The van der Waals surface area contributed by atoms with Gasteiger partial charge in [0.15, 0.2) is 0 Å². The number of esters is 1. The average molecular weight is 350 g/mol. The molecule has 1 amide bonds. The molecular formula is C16H18N2O7. The molecule has 1 aromatic carbocycles. The third-order valence-electron chi connectivity index (χ3n) is 3.63. The van der Waals surface area contributed by atoms with Gasteiger partial charge in [-0.2, -0.15) is 0 Å². The molecule has 2 rings (SSSR count). The van der Waals surface area contributed by atoms with E-state index in [0.717, 1.165) is 0 Å². The number of anilines is 1. The Kier molecular flexibility index (Phi) is 5.60. The number of carboxylic acid groups (broad SMARTS) is 1. The van der Waals surface area contributed by atoms with Gasteiger partial charge in [-0.1, -0.05) is 6.07 Å². The molecule has 134 valence electrons. The summed E-state index contributed by atoms with van der Waals surface area (Å²) in [5, 5.41) is 30.5. The fourth-order valence-corrected chi connectivity index (χ4v) is 2.45. The second-order valence-electron chi connectivity index (χ2n) is 5.34. The van der Waals surface area contributed by atoms with Gasteiger partial charge in [-0.15, -0.1) is 0 Å². The lowest BCUT2D eigenvalue weighted by molar-refractivity contribution is -0.137. The number of aliphatic carboxylic acids is 1. The molecule has 0 spiro atoms. The van der Waals surface area contributed by atoms with Gasteiger partial charge in [0.25, 0.3) is 5.91 Å². The molecule has 4 N–H and O–H groups in total. The zero-order chi connectivity index (χ0) is 18.6. The molecule has 0 radical (unpaired) electrons. The third-order valence-corrected chi connectivity index (χ3v) is 3.63. The molecule has 1 aliphatic rings. The molecule has 1 aromatic rings. The van der Waals surface area contributed by atoms with E-state index >= 15 is 0 Å². The van der Waals surface area contributed by atoms with Crippen LogP contribution in [0.5, 0.6) is 5.75 Å². The van der Waals surface area contributed by atoms with Crippen LogP contribution in [0.25, 0.3) is 0 Å². The smallest absolute Gasteiger partial charge is 0.337 e. The van der Waals surface area contributed by atoms with Gasteiger partial charge < -0.3 is 30.3 Å². The number of carbonyl (C=O) groups excluding carboxylic acids is 2. The van der Waals surface area contributed by atoms with Gasteiger partial charge in [0.1, 0.15) is 11.4 Å². The molecule has 9 heteroatoms. The van der Waals surface area contributed by atoms with E-state index in [1.165, 1.54) is 30.2 Å². The Labute approximate surface area is 143 Å². The Hall–Kier alpha value is -3.07. The van der Waals surface area contributed by atoms with Crippen molar-refractivity contribution in [1.82, 2.24) is 4.90 Å². The molecular weight excluding hydrogens is 332 g/mol. The number of β-amino-alcohol motifs (C(OH)–C–C–N with tert-alkyl or cyclic N) is 1. The summed E-state index contributed by atoms with van der Waals surface area (Å²) >= 11 is 0. The van der Waals surface area contributed by atoms with Crippen LogP contribution in [0.4, 0.5) is 5.69 Å². The number of phenolic OH excluding ortho intramolecular Hbond substituents is 1. The first-order valence-corrected chi connectivity index (χ1v) is 7.39. The van der Waals surface area contributed by atoms with Crippen LogP contribution in [-0.4, -0.2) is 64.9 Å². The van der Waals surface area contributed by atoms with E-state index < -0.39 is 17.8 Å². The number of benzene rings is 1. The third kappa shape index (κ3) is 4.07. The maximum Gasteiger partial charge on any atom is 0.337 e. The first-order valence-electron chi connectivity index (χ1n) is 7.39. The molecule has 9 nitrogen and oxygen atoms in total. The van der Waals surface area contributed by atoms with E-state index in [1.54, 1.807) is 0 Å². The fraction of sp³-hybridized carbons (Fsp3) is 0.312. The molecule has 0 aromatic heterocycles. The minimum atomic E-state index is -1.04. The quantitative estimate of drug-likeness (QED) is 0.388. The number of carbonyl (C=O) groups is 3. The number of nitrogens with one attached hydrogen (secondary N) is 1. The Balaban J connectivity index is 2.36. The van der Waals surface area contributed by atoms with Crippen LogP contribution in [0.3, 0.4) is 0 Å². The highest BCUT2D eigenvalue weighted by Gasteiger charge is 2.34. The van der Waals surface area contributed by atoms with Crippen molar-refractivity contribution in [2.75, 3.05) is 32.1 Å². The number of amides is 1. The summed E-state index contributed by atoms with van der Waals surface area (Å²) in [6.45, 7) is -0.271. The summed E-state index contributed by atoms with van der Waals surface area (Å²) in [6, 6.07) is 4.12. The number of hydrogen-bond acceptors (Lipinski definition) is 7. The van der Waals surface area contributed by atoms with Crippen molar-refractivity contribution >= 4 is 23.5 Å². The van der Waals surface area contributed by atoms with Gasteiger partial charge in [0.05, 0.1) is 37.9 Å². The van der Waals surface area contributed by atoms with Crippen LogP contribution in [0.15, 0.2) is 29.5 Å². The van der Waals surface area contributed by atoms with Crippen LogP contribution in [-0.2, 0) is 25.5 Å². The summed E-state index contributed by atoms with van der Waals surface area (Å²) in [6.07, 6.45) is -0.261. The zero-order valence-electron chi connectivity index (χ0n) is 13.5. The van der Waals surface area contributed by atoms with E-state index in [2.05, 4.69) is 10.1 Å². The maximum atomic E-state index is 12.4. The SMILES string of the molecule is COC(=O)C1=C(Nc2cc(CC(=O)O)ccc2O)C(=O)N(CCO)C1. The Morgan fingerprint density at radius 3 is 2.68 bits per heavy atom. The monoisotopic (exact) mass is 350 g/mol. The molecule has 0 saturated carbocycles. The summed E-state index contributed by atoms with van der Waals surface area (Å²) in [7, 11) is 1.18. The molecule has 1 aliphatic heterocycles. The number of aliphatic hydroxyl groups is 1. The second-order valence-corrected chi connectivity index (χ2v) is 5.34. The Morgan fingerprint density at radius 2 is 2.08 bits per heavy atom. The molecule has 0 unspecified atom stereocenters. The number of carboxylic acids is 1. The van der Waals surface area contributed by atoms with Crippen molar-refractivity contribution in [2.24, 2.45) is 0 Å². The van der Waals surface area contributed by atoms with Gasteiger partial charge >= 0.3 is 11.9 Å². The molecule has 1 heterocycles. The average Bonchev–Trinajstić information content (AvgIpc) is 2.86. The Morgan fingerprint density at radius 1 is 1.36 bits per heavy atom. The topological polar surface area (TPSA) is 136 Å². The van der Waals surface area contributed by atoms with Gasteiger partial charge in [0.2, 0.25) is 0 Å². The fourth-order valence-electron chi connectivity index (χ4n) is 2.45. The van der Waals surface area contributed by atoms with E-state index in [1.807, 2.05) is 0 Å². The zero-order valence-corrected chi connectivity index (χ0v) is 13.5. The van der Waals surface area contributed by atoms with Crippen LogP contribution in [0.1, 0.15) is 5.56 Å². The van der Waals surface area contributed by atoms with Crippen molar-refractivity contribution in [3.8, 4) is 5.75 Å². The number of nitrogens with zero attached hydrogens (tertiary/aromatic N) is 1. The van der Waals surface area contributed by atoms with Crippen LogP contribution < -0.4 is 5.32 Å². The van der Waals surface area contributed by atoms with Crippen LogP contribution in [0.2, 0.25) is 0 Å². The number of phenols is 1. The number of ether oxygens (including phenoxy) is 1. The number of hydrogen-bond donors (Lipinski definition) is 4. The van der Waals surface area contributed by atoms with E-state index in [4.69, 9.17) is 10.2 Å². The van der Waals surface area contributed by atoms with Crippen LogP contribution >= 0.6 is 0 Å². The highest BCUT2D eigenvalue weighted by Crippen LogP contribution is 2.29. The lowest BCUT2D eigenvalue weighted by Gasteiger charge is -2.15. The predicted molar refractivity (Wildman–Crippen MR) is 85.8 cm³/mol. The van der Waals surface area contributed by atoms with E-state index in [9.17, 15) is 19.5 Å². The van der Waals surface area contributed by atoms with Crippen molar-refractivity contribution in [3.63, 3.8) is 0 Å². The normalized spacial score (nSPS) is 14.0. The number of aliphatic hydroxyl groups excluding tert-OH is 1. The highest BCUT2D eigenvalue weighted by molar-refractivity contribution is 6.08. The number of rotatable bonds is 7. The van der Waals surface area contributed by atoms with Crippen molar-refractivity contribution in [2.45, 2.75) is 6.42 Å². The van der Waals surface area contributed by atoms with Gasteiger partial charge in [-0.25, -0.2) is 4.79 Å².